The van der Waals surface area contributed by atoms with Gasteiger partial charge in [0, 0.05) is 24.4 Å². The number of pyridine rings is 1. The van der Waals surface area contributed by atoms with E-state index in [-0.39, 0.29) is 41.0 Å². The van der Waals surface area contributed by atoms with Gasteiger partial charge in [-0.2, -0.15) is 0 Å². The number of amides is 1. The molecule has 6 nitrogen and oxygen atoms in total. The first-order valence-electron chi connectivity index (χ1n) is 8.84. The van der Waals surface area contributed by atoms with Gasteiger partial charge in [0.2, 0.25) is 0 Å². The van der Waals surface area contributed by atoms with Gasteiger partial charge in [-0.05, 0) is 45.3 Å². The summed E-state index contributed by atoms with van der Waals surface area (Å²) in [4.78, 5) is 23.3. The zero-order chi connectivity index (χ0) is 21.7. The summed E-state index contributed by atoms with van der Waals surface area (Å²) in [6, 6.07) is 12.0. The van der Waals surface area contributed by atoms with Crippen LogP contribution < -0.4 is 15.6 Å². The number of halogens is 3. The Kier molecular flexibility index (Phi) is 6.83. The molecule has 0 atom stereocenters. The van der Waals surface area contributed by atoms with Crippen molar-refractivity contribution < 1.29 is 23.4 Å². The van der Waals surface area contributed by atoms with Crippen LogP contribution in [0.4, 0.5) is 13.6 Å². The fourth-order valence-electron chi connectivity index (χ4n) is 2.77. The molecule has 1 heterocycles. The maximum atomic E-state index is 13.7. The van der Waals surface area contributed by atoms with E-state index in [4.69, 9.17) is 9.84 Å². The van der Waals surface area contributed by atoms with Gasteiger partial charge < -0.3 is 19.7 Å². The number of carboxylic acid groups (broad SMARTS) is 1. The van der Waals surface area contributed by atoms with Gasteiger partial charge in [-0.15, -0.1) is 0 Å². The Balaban J connectivity index is 1.72. The zero-order valence-electron chi connectivity index (χ0n) is 15.6. The number of rotatable bonds is 7. The summed E-state index contributed by atoms with van der Waals surface area (Å²) >= 11 is 3.22. The van der Waals surface area contributed by atoms with Crippen molar-refractivity contribution >= 4 is 22.0 Å². The minimum atomic E-state index is -1.11. The highest BCUT2D eigenvalue weighted by atomic mass is 79.9. The SMILES string of the molecule is O=C(O)NCc1cccc(Cn2ccc(OCc3ccc(F)cc3F)c(Br)c2=O)c1. The van der Waals surface area contributed by atoms with Crippen LogP contribution in [0.5, 0.6) is 5.75 Å². The van der Waals surface area contributed by atoms with Gasteiger partial charge in [-0.3, -0.25) is 4.79 Å². The van der Waals surface area contributed by atoms with Crippen LogP contribution in [0.15, 0.2) is 64.0 Å². The van der Waals surface area contributed by atoms with E-state index in [2.05, 4.69) is 21.2 Å². The first kappa shape index (κ1) is 21.5. The van der Waals surface area contributed by atoms with Gasteiger partial charge in [-0.25, -0.2) is 13.6 Å². The largest absolute Gasteiger partial charge is 0.487 e. The van der Waals surface area contributed by atoms with E-state index < -0.39 is 17.7 Å². The van der Waals surface area contributed by atoms with Gasteiger partial charge in [0.05, 0.1) is 6.54 Å². The lowest BCUT2D eigenvalue weighted by atomic mass is 10.1. The summed E-state index contributed by atoms with van der Waals surface area (Å²) in [5, 5.41) is 11.0. The van der Waals surface area contributed by atoms with Crippen molar-refractivity contribution in [2.24, 2.45) is 0 Å². The fourth-order valence-corrected chi connectivity index (χ4v) is 3.25. The van der Waals surface area contributed by atoms with Crippen LogP contribution in [0.3, 0.4) is 0 Å². The molecule has 0 aliphatic carbocycles. The molecule has 3 aromatic rings. The Bertz CT molecular complexity index is 1130. The van der Waals surface area contributed by atoms with Crippen molar-refractivity contribution in [1.29, 1.82) is 0 Å². The molecule has 30 heavy (non-hydrogen) atoms. The van der Waals surface area contributed by atoms with Crippen molar-refractivity contribution in [3.05, 3.63) is 97.9 Å². The second-order valence-corrected chi connectivity index (χ2v) is 7.22. The first-order chi connectivity index (χ1) is 14.3. The van der Waals surface area contributed by atoms with Gasteiger partial charge in [0.15, 0.2) is 0 Å². The Morgan fingerprint density at radius 1 is 1.13 bits per heavy atom. The highest BCUT2D eigenvalue weighted by Gasteiger charge is 2.11. The number of nitrogens with one attached hydrogen (secondary N) is 1. The summed E-state index contributed by atoms with van der Waals surface area (Å²) in [6.07, 6.45) is 0.433. The predicted molar refractivity (Wildman–Crippen MR) is 110 cm³/mol. The van der Waals surface area contributed by atoms with Gasteiger partial charge in [0.1, 0.15) is 28.5 Å². The lowest BCUT2D eigenvalue weighted by Gasteiger charge is -2.12. The van der Waals surface area contributed by atoms with Crippen LogP contribution in [0.1, 0.15) is 16.7 Å². The van der Waals surface area contributed by atoms with Gasteiger partial charge in [-0.1, -0.05) is 24.3 Å². The van der Waals surface area contributed by atoms with E-state index in [0.717, 1.165) is 23.3 Å². The smallest absolute Gasteiger partial charge is 0.404 e. The molecule has 0 bridgehead atoms. The van der Waals surface area contributed by atoms with Crippen LogP contribution >= 0.6 is 15.9 Å². The Morgan fingerprint density at radius 2 is 1.90 bits per heavy atom. The summed E-state index contributed by atoms with van der Waals surface area (Å²) in [6.45, 7) is 0.270. The number of carbonyl (C=O) groups is 1. The maximum Gasteiger partial charge on any atom is 0.404 e. The molecule has 0 fully saturated rings. The second kappa shape index (κ2) is 9.53. The minimum absolute atomic E-state index is 0.160. The average molecular weight is 479 g/mol. The Labute approximate surface area is 178 Å². The van der Waals surface area contributed by atoms with Crippen LogP contribution in [-0.4, -0.2) is 15.8 Å². The fraction of sp³-hybridized carbons (Fsp3) is 0.143. The summed E-state index contributed by atoms with van der Waals surface area (Å²) < 4.78 is 33.9. The number of aromatic nitrogens is 1. The average Bonchev–Trinajstić information content (AvgIpc) is 2.71. The number of benzene rings is 2. The van der Waals surface area contributed by atoms with E-state index in [1.165, 1.54) is 10.6 Å². The van der Waals surface area contributed by atoms with Crippen molar-refractivity contribution in [1.82, 2.24) is 9.88 Å². The monoisotopic (exact) mass is 478 g/mol. The highest BCUT2D eigenvalue weighted by molar-refractivity contribution is 9.10. The predicted octanol–water partition coefficient (Wildman–Crippen LogP) is 4.28. The molecular formula is C21H17BrF2N2O4. The molecule has 0 unspecified atom stereocenters. The van der Waals surface area contributed by atoms with Crippen LogP contribution in [0, 0.1) is 11.6 Å². The number of nitrogens with zero attached hydrogens (tertiary/aromatic N) is 1. The number of hydrogen-bond acceptors (Lipinski definition) is 3. The number of hydrogen-bond donors (Lipinski definition) is 2. The molecule has 156 valence electrons. The van der Waals surface area contributed by atoms with Gasteiger partial charge >= 0.3 is 6.09 Å². The second-order valence-electron chi connectivity index (χ2n) is 6.43. The molecule has 9 heteroatoms. The van der Waals surface area contributed by atoms with Crippen LogP contribution in [0.25, 0.3) is 0 Å². The molecule has 0 saturated carbocycles. The quantitative estimate of drug-likeness (QED) is 0.530. The van der Waals surface area contributed by atoms with E-state index in [9.17, 15) is 18.4 Å². The molecule has 1 aromatic heterocycles. The van der Waals surface area contributed by atoms with Crippen molar-refractivity contribution in [2.45, 2.75) is 19.7 Å². The third-order valence-corrected chi connectivity index (χ3v) is 4.99. The maximum absolute atomic E-state index is 13.7. The van der Waals surface area contributed by atoms with E-state index in [1.807, 2.05) is 6.07 Å². The van der Waals surface area contributed by atoms with E-state index in [1.54, 1.807) is 30.5 Å². The summed E-state index contributed by atoms with van der Waals surface area (Å²) in [5.41, 5.74) is 1.40. The molecule has 1 amide bonds. The Hall–Kier alpha value is -3.20. The zero-order valence-corrected chi connectivity index (χ0v) is 17.2. The lowest BCUT2D eigenvalue weighted by molar-refractivity contribution is 0.194. The Morgan fingerprint density at radius 3 is 2.63 bits per heavy atom. The molecule has 3 rings (SSSR count). The lowest BCUT2D eigenvalue weighted by Crippen LogP contribution is -2.22. The molecule has 0 spiro atoms. The molecule has 0 saturated heterocycles. The number of ether oxygens (including phenoxy) is 1. The van der Waals surface area contributed by atoms with E-state index in [0.29, 0.717) is 0 Å². The molecule has 2 aromatic carbocycles. The molecule has 2 N–H and O–H groups in total. The van der Waals surface area contributed by atoms with Crippen LogP contribution in [-0.2, 0) is 19.7 Å². The normalized spacial score (nSPS) is 10.6. The third kappa shape index (κ3) is 5.44. The summed E-state index contributed by atoms with van der Waals surface area (Å²) in [5.74, 6) is -1.17. The van der Waals surface area contributed by atoms with Crippen molar-refractivity contribution in [3.8, 4) is 5.75 Å². The van der Waals surface area contributed by atoms with E-state index >= 15 is 0 Å². The molecule has 0 aliphatic rings. The first-order valence-corrected chi connectivity index (χ1v) is 9.63. The molecular weight excluding hydrogens is 462 g/mol. The topological polar surface area (TPSA) is 80.6 Å². The van der Waals surface area contributed by atoms with Crippen molar-refractivity contribution in [2.75, 3.05) is 0 Å². The van der Waals surface area contributed by atoms with Crippen LogP contribution in [0.2, 0.25) is 0 Å². The standard InChI is InChI=1S/C21H17BrF2N2O4/c22-19-18(30-12-15-4-5-16(23)9-17(15)24)6-7-26(20(19)27)11-14-3-1-2-13(8-14)10-25-21(28)29/h1-9,25H,10-12H2,(H,28,29). The minimum Gasteiger partial charge on any atom is -0.487 e. The highest BCUT2D eigenvalue weighted by Crippen LogP contribution is 2.22. The summed E-state index contributed by atoms with van der Waals surface area (Å²) in [7, 11) is 0. The van der Waals surface area contributed by atoms with Crippen molar-refractivity contribution in [3.63, 3.8) is 0 Å². The van der Waals surface area contributed by atoms with Gasteiger partial charge in [0.25, 0.3) is 5.56 Å². The molecule has 0 aliphatic heterocycles. The molecule has 0 radical (unpaired) electrons. The third-order valence-electron chi connectivity index (χ3n) is 4.26.